The van der Waals surface area contributed by atoms with Crippen LogP contribution < -0.4 is 4.74 Å². The number of allylic oxidation sites excluding steroid dienone is 2. The van der Waals surface area contributed by atoms with Gasteiger partial charge in [-0.05, 0) is 35.6 Å². The highest BCUT2D eigenvalue weighted by Crippen LogP contribution is 2.35. The van der Waals surface area contributed by atoms with E-state index in [1.165, 1.54) is 0 Å². The van der Waals surface area contributed by atoms with Crippen molar-refractivity contribution in [2.75, 3.05) is 14.2 Å². The molecule has 0 saturated heterocycles. The minimum atomic E-state index is -0.116. The van der Waals surface area contributed by atoms with Gasteiger partial charge < -0.3 is 9.84 Å². The Kier molecular flexibility index (Phi) is 5.04. The number of hydrogen-bond donors (Lipinski definition) is 1. The highest BCUT2D eigenvalue weighted by molar-refractivity contribution is 6.25. The van der Waals surface area contributed by atoms with Gasteiger partial charge in [-0.2, -0.15) is 0 Å². The third kappa shape index (κ3) is 4.09. The summed E-state index contributed by atoms with van der Waals surface area (Å²) in [7, 11) is 3.27. The first-order valence-corrected chi connectivity index (χ1v) is 7.61. The van der Waals surface area contributed by atoms with Gasteiger partial charge in [-0.3, -0.25) is 9.79 Å². The quantitative estimate of drug-likeness (QED) is 0.678. The fourth-order valence-electron chi connectivity index (χ4n) is 2.74. The molecule has 1 aliphatic rings. The summed E-state index contributed by atoms with van der Waals surface area (Å²) < 4.78 is 5.11. The molecule has 1 fully saturated rings. The van der Waals surface area contributed by atoms with E-state index in [1.54, 1.807) is 26.3 Å². The Hall–Kier alpha value is -2.36. The monoisotopic (exact) mass is 313 g/mol. The topological polar surface area (TPSA) is 58.9 Å². The lowest BCUT2D eigenvalue weighted by molar-refractivity contribution is -0.117. The number of nitrogens with zero attached hydrogens (tertiary/aromatic N) is 1. The molecule has 1 aliphatic carbocycles. The summed E-state index contributed by atoms with van der Waals surface area (Å²) in [5.74, 6) is 0.690. The molecule has 1 saturated carbocycles. The molecule has 2 rings (SSSR count). The summed E-state index contributed by atoms with van der Waals surface area (Å²) in [5, 5.41) is 10.3. The molecule has 4 nitrogen and oxygen atoms in total. The minimum absolute atomic E-state index is 0.0260. The van der Waals surface area contributed by atoms with Crippen molar-refractivity contribution in [3.05, 3.63) is 47.2 Å². The number of carbonyl (C=O) groups excluding carboxylic acids is 1. The van der Waals surface area contributed by atoms with Gasteiger partial charge in [0.25, 0.3) is 0 Å². The number of hydrogen-bond acceptors (Lipinski definition) is 4. The number of methoxy groups -OCH3 is 1. The molecule has 0 amide bonds. The SMILES string of the molecule is CN=C1CC(C)(C)CC(=O)/C1=C(O)\C=C\c1ccc(OC)cc1. The van der Waals surface area contributed by atoms with Gasteiger partial charge in [0.1, 0.15) is 11.5 Å². The van der Waals surface area contributed by atoms with E-state index < -0.39 is 0 Å². The smallest absolute Gasteiger partial charge is 0.168 e. The number of aliphatic hydroxyl groups excluding tert-OH is 1. The third-order valence-electron chi connectivity index (χ3n) is 3.93. The number of carbonyl (C=O) groups is 1. The zero-order valence-electron chi connectivity index (χ0n) is 14.1. The summed E-state index contributed by atoms with van der Waals surface area (Å²) in [6, 6.07) is 7.45. The van der Waals surface area contributed by atoms with Gasteiger partial charge in [-0.25, -0.2) is 0 Å². The van der Waals surface area contributed by atoms with Crippen LogP contribution in [-0.2, 0) is 4.79 Å². The molecule has 0 aromatic heterocycles. The second-order valence-corrected chi connectivity index (χ2v) is 6.48. The number of rotatable bonds is 3. The number of aliphatic hydroxyl groups is 1. The summed E-state index contributed by atoms with van der Waals surface area (Å²) in [4.78, 5) is 16.6. The molecule has 4 heteroatoms. The van der Waals surface area contributed by atoms with Crippen LogP contribution in [0.15, 0.2) is 46.7 Å². The summed E-state index contributed by atoms with van der Waals surface area (Å²) in [5.41, 5.74) is 1.81. The summed E-state index contributed by atoms with van der Waals surface area (Å²) in [6.07, 6.45) is 4.42. The van der Waals surface area contributed by atoms with Gasteiger partial charge in [0.15, 0.2) is 5.78 Å². The summed E-state index contributed by atoms with van der Waals surface area (Å²) >= 11 is 0. The van der Waals surface area contributed by atoms with Gasteiger partial charge in [0, 0.05) is 19.2 Å². The number of ketones is 1. The van der Waals surface area contributed by atoms with Crippen LogP contribution in [0.1, 0.15) is 32.3 Å². The van der Waals surface area contributed by atoms with E-state index in [1.807, 2.05) is 38.1 Å². The lowest BCUT2D eigenvalue weighted by Gasteiger charge is -2.30. The van der Waals surface area contributed by atoms with Crippen LogP contribution in [0.25, 0.3) is 6.08 Å². The van der Waals surface area contributed by atoms with Gasteiger partial charge >= 0.3 is 0 Å². The number of benzene rings is 1. The average Bonchev–Trinajstić information content (AvgIpc) is 2.51. The molecule has 1 N–H and O–H groups in total. The Morgan fingerprint density at radius 1 is 1.26 bits per heavy atom. The van der Waals surface area contributed by atoms with Crippen molar-refractivity contribution in [2.24, 2.45) is 10.4 Å². The van der Waals surface area contributed by atoms with Gasteiger partial charge in [0.05, 0.1) is 12.7 Å². The molecule has 122 valence electrons. The van der Waals surface area contributed by atoms with Crippen LogP contribution in [0.4, 0.5) is 0 Å². The van der Waals surface area contributed by atoms with Crippen LogP contribution >= 0.6 is 0 Å². The van der Waals surface area contributed by atoms with E-state index >= 15 is 0 Å². The molecule has 0 radical (unpaired) electrons. The largest absolute Gasteiger partial charge is 0.507 e. The van der Waals surface area contributed by atoms with Gasteiger partial charge in [-0.15, -0.1) is 0 Å². The Morgan fingerprint density at radius 3 is 2.48 bits per heavy atom. The first-order valence-electron chi connectivity index (χ1n) is 7.61. The summed E-state index contributed by atoms with van der Waals surface area (Å²) in [6.45, 7) is 4.08. The molecule has 0 unspecified atom stereocenters. The van der Waals surface area contributed by atoms with Crippen molar-refractivity contribution in [1.82, 2.24) is 0 Å². The van der Waals surface area contributed by atoms with E-state index in [9.17, 15) is 9.90 Å². The predicted molar refractivity (Wildman–Crippen MR) is 93.1 cm³/mol. The van der Waals surface area contributed by atoms with E-state index in [-0.39, 0.29) is 17.0 Å². The Balaban J connectivity index is 2.28. The molecule has 1 aromatic rings. The zero-order valence-corrected chi connectivity index (χ0v) is 14.1. The van der Waals surface area contributed by atoms with Gasteiger partial charge in [-0.1, -0.05) is 32.1 Å². The highest BCUT2D eigenvalue weighted by Gasteiger charge is 2.35. The number of aliphatic imine (C=N–C) groups is 1. The number of ether oxygens (including phenoxy) is 1. The lowest BCUT2D eigenvalue weighted by atomic mass is 9.73. The van der Waals surface area contributed by atoms with Crippen LogP contribution in [0, 0.1) is 5.41 Å². The van der Waals surface area contributed by atoms with Gasteiger partial charge in [0.2, 0.25) is 0 Å². The lowest BCUT2D eigenvalue weighted by Crippen LogP contribution is -2.32. The third-order valence-corrected chi connectivity index (χ3v) is 3.93. The fourth-order valence-corrected chi connectivity index (χ4v) is 2.74. The maximum atomic E-state index is 12.4. The molecule has 0 bridgehead atoms. The molecule has 1 aromatic carbocycles. The van der Waals surface area contributed by atoms with E-state index in [2.05, 4.69) is 4.99 Å². The first kappa shape index (κ1) is 17.0. The Labute approximate surface area is 137 Å². The van der Waals surface area contributed by atoms with E-state index in [0.29, 0.717) is 24.1 Å². The van der Waals surface area contributed by atoms with Crippen LogP contribution in [0.5, 0.6) is 5.75 Å². The van der Waals surface area contributed by atoms with E-state index in [0.717, 1.165) is 11.3 Å². The zero-order chi connectivity index (χ0) is 17.0. The van der Waals surface area contributed by atoms with Crippen molar-refractivity contribution in [1.29, 1.82) is 0 Å². The van der Waals surface area contributed by atoms with Crippen molar-refractivity contribution in [3.8, 4) is 5.75 Å². The second-order valence-electron chi connectivity index (χ2n) is 6.48. The van der Waals surface area contributed by atoms with Crippen molar-refractivity contribution in [3.63, 3.8) is 0 Å². The maximum absolute atomic E-state index is 12.4. The standard InChI is InChI=1S/C19H23NO3/c1-19(2)11-15(20-3)18(17(22)12-19)16(21)10-7-13-5-8-14(23-4)9-6-13/h5-10,21H,11-12H2,1-4H3/b10-7+,18-16+,20-15?. The van der Waals surface area contributed by atoms with Crippen molar-refractivity contribution >= 4 is 17.6 Å². The second kappa shape index (κ2) is 6.82. The molecular formula is C19H23NO3. The molecule has 0 atom stereocenters. The Bertz CT molecular complexity index is 679. The van der Waals surface area contributed by atoms with Crippen LogP contribution in [-0.4, -0.2) is 30.8 Å². The molecule has 0 aliphatic heterocycles. The Morgan fingerprint density at radius 2 is 1.91 bits per heavy atom. The maximum Gasteiger partial charge on any atom is 0.168 e. The fraction of sp³-hybridized carbons (Fsp3) is 0.368. The molecule has 0 spiro atoms. The molecule has 23 heavy (non-hydrogen) atoms. The van der Waals surface area contributed by atoms with Crippen LogP contribution in [0.3, 0.4) is 0 Å². The average molecular weight is 313 g/mol. The van der Waals surface area contributed by atoms with Crippen LogP contribution in [0.2, 0.25) is 0 Å². The molecule has 0 heterocycles. The normalized spacial score (nSPS) is 21.7. The highest BCUT2D eigenvalue weighted by atomic mass is 16.5. The minimum Gasteiger partial charge on any atom is -0.507 e. The number of Topliss-reactive ketones (excluding diaryl/α,β-unsaturated/α-hetero) is 1. The first-order chi connectivity index (χ1) is 10.9. The molecular weight excluding hydrogens is 290 g/mol. The van der Waals surface area contributed by atoms with E-state index in [4.69, 9.17) is 4.74 Å². The van der Waals surface area contributed by atoms with Crippen molar-refractivity contribution < 1.29 is 14.6 Å². The predicted octanol–water partition coefficient (Wildman–Crippen LogP) is 3.98. The van der Waals surface area contributed by atoms with Crippen molar-refractivity contribution in [2.45, 2.75) is 26.7 Å².